The number of primary sulfonamides is 1. The van der Waals surface area contributed by atoms with Crippen molar-refractivity contribution in [2.24, 2.45) is 5.14 Å². The Morgan fingerprint density at radius 3 is 2.58 bits per heavy atom. The number of sulfonamides is 1. The lowest BCUT2D eigenvalue weighted by Crippen LogP contribution is -2.18. The van der Waals surface area contributed by atoms with Crippen LogP contribution in [0.2, 0.25) is 0 Å². The van der Waals surface area contributed by atoms with E-state index < -0.39 is 22.0 Å². The fourth-order valence-corrected chi connectivity index (χ4v) is 3.97. The molecule has 2 heterocycles. The SMILES string of the molecule is NS(=O)(=O)CCSc1nc2ccccc2n2c(C(F)(F)F)nnc12. The van der Waals surface area contributed by atoms with Gasteiger partial charge < -0.3 is 0 Å². The van der Waals surface area contributed by atoms with E-state index in [0.717, 1.165) is 16.2 Å². The molecule has 0 amide bonds. The molecule has 0 saturated heterocycles. The van der Waals surface area contributed by atoms with Gasteiger partial charge in [0, 0.05) is 5.75 Å². The summed E-state index contributed by atoms with van der Waals surface area (Å²) in [6.07, 6.45) is -4.69. The number of benzene rings is 1. The quantitative estimate of drug-likeness (QED) is 0.694. The van der Waals surface area contributed by atoms with Crippen molar-refractivity contribution in [3.8, 4) is 0 Å². The minimum atomic E-state index is -4.69. The summed E-state index contributed by atoms with van der Waals surface area (Å²) < 4.78 is 62.4. The molecule has 0 aliphatic heterocycles. The van der Waals surface area contributed by atoms with E-state index >= 15 is 0 Å². The van der Waals surface area contributed by atoms with Gasteiger partial charge in [0.2, 0.25) is 15.8 Å². The van der Waals surface area contributed by atoms with Gasteiger partial charge in [0.1, 0.15) is 5.03 Å². The van der Waals surface area contributed by atoms with Crippen LogP contribution in [-0.2, 0) is 16.2 Å². The highest BCUT2D eigenvalue weighted by Gasteiger charge is 2.38. The van der Waals surface area contributed by atoms with E-state index in [1.807, 2.05) is 0 Å². The summed E-state index contributed by atoms with van der Waals surface area (Å²) in [7, 11) is -3.68. The lowest BCUT2D eigenvalue weighted by molar-refractivity contribution is -0.145. The van der Waals surface area contributed by atoms with Gasteiger partial charge in [-0.25, -0.2) is 18.5 Å². The Morgan fingerprint density at radius 2 is 1.92 bits per heavy atom. The molecule has 3 aromatic rings. The van der Waals surface area contributed by atoms with Crippen LogP contribution in [0.5, 0.6) is 0 Å². The van der Waals surface area contributed by atoms with E-state index in [4.69, 9.17) is 5.14 Å². The Kier molecular flexibility index (Phi) is 4.13. The van der Waals surface area contributed by atoms with Crippen LogP contribution in [0, 0.1) is 0 Å². The van der Waals surface area contributed by atoms with Crippen LogP contribution in [0.15, 0.2) is 29.3 Å². The van der Waals surface area contributed by atoms with E-state index in [9.17, 15) is 21.6 Å². The van der Waals surface area contributed by atoms with Crippen molar-refractivity contribution < 1.29 is 21.6 Å². The zero-order valence-electron chi connectivity index (χ0n) is 11.9. The maximum Gasteiger partial charge on any atom is 0.452 e. The number of nitrogens with two attached hydrogens (primary N) is 1. The smallest absolute Gasteiger partial charge is 0.267 e. The van der Waals surface area contributed by atoms with E-state index in [1.165, 1.54) is 6.07 Å². The molecular formula is C12H10F3N5O2S2. The molecule has 7 nitrogen and oxygen atoms in total. The molecule has 0 bridgehead atoms. The Hall–Kier alpha value is -1.92. The number of halogens is 3. The van der Waals surface area contributed by atoms with Gasteiger partial charge in [0.15, 0.2) is 5.65 Å². The molecule has 0 unspecified atom stereocenters. The third kappa shape index (κ3) is 3.30. The van der Waals surface area contributed by atoms with Crippen LogP contribution in [0.1, 0.15) is 5.82 Å². The van der Waals surface area contributed by atoms with E-state index in [-0.39, 0.29) is 27.7 Å². The molecule has 12 heteroatoms. The fourth-order valence-electron chi connectivity index (χ4n) is 2.09. The highest BCUT2D eigenvalue weighted by Crippen LogP contribution is 2.32. The fraction of sp³-hybridized carbons (Fsp3) is 0.250. The first-order chi connectivity index (χ1) is 11.2. The van der Waals surface area contributed by atoms with Crippen LogP contribution in [-0.4, -0.2) is 39.5 Å². The van der Waals surface area contributed by atoms with E-state index in [2.05, 4.69) is 15.2 Å². The average molecular weight is 377 g/mol. The maximum atomic E-state index is 13.2. The minimum Gasteiger partial charge on any atom is -0.267 e. The number of thioether (sulfide) groups is 1. The average Bonchev–Trinajstić information content (AvgIpc) is 2.91. The Labute approximate surface area is 138 Å². The summed E-state index contributed by atoms with van der Waals surface area (Å²) in [5.41, 5.74) is 0.439. The second kappa shape index (κ2) is 5.86. The normalized spacial score (nSPS) is 13.0. The van der Waals surface area contributed by atoms with Gasteiger partial charge in [0.05, 0.1) is 16.8 Å². The molecule has 1 aromatic carbocycles. The van der Waals surface area contributed by atoms with Crippen molar-refractivity contribution in [1.29, 1.82) is 0 Å². The van der Waals surface area contributed by atoms with Gasteiger partial charge in [-0.1, -0.05) is 12.1 Å². The van der Waals surface area contributed by atoms with Gasteiger partial charge >= 0.3 is 6.18 Å². The predicted molar refractivity (Wildman–Crippen MR) is 82.0 cm³/mol. The summed E-state index contributed by atoms with van der Waals surface area (Å²) >= 11 is 0.955. The van der Waals surface area contributed by atoms with Gasteiger partial charge in [0.25, 0.3) is 0 Å². The van der Waals surface area contributed by atoms with Crippen LogP contribution in [0.25, 0.3) is 16.7 Å². The second-order valence-corrected chi connectivity index (χ2v) is 7.62. The monoisotopic (exact) mass is 377 g/mol. The highest BCUT2D eigenvalue weighted by atomic mass is 32.2. The summed E-state index contributed by atoms with van der Waals surface area (Å²) in [6, 6.07) is 6.25. The van der Waals surface area contributed by atoms with Crippen molar-refractivity contribution in [3.05, 3.63) is 30.1 Å². The Balaban J connectivity index is 2.17. The van der Waals surface area contributed by atoms with Crippen molar-refractivity contribution in [2.45, 2.75) is 11.2 Å². The molecule has 0 saturated carbocycles. The molecule has 0 spiro atoms. The minimum absolute atomic E-state index is 0.0358. The standard InChI is InChI=1S/C12H10F3N5O2S2/c13-12(14,15)11-19-18-9-10(23-5-6-24(16,21)22)17-7-3-1-2-4-8(7)20(9)11/h1-4H,5-6H2,(H2,16,21,22). The molecule has 0 atom stereocenters. The molecule has 2 N–H and O–H groups in total. The molecule has 0 aliphatic carbocycles. The summed E-state index contributed by atoms with van der Waals surface area (Å²) in [6.45, 7) is 0. The first kappa shape index (κ1) is 16.9. The molecular weight excluding hydrogens is 367 g/mol. The lowest BCUT2D eigenvalue weighted by Gasteiger charge is -2.09. The van der Waals surface area contributed by atoms with Gasteiger partial charge in [-0.3, -0.25) is 4.40 Å². The van der Waals surface area contributed by atoms with Crippen molar-refractivity contribution >= 4 is 38.5 Å². The van der Waals surface area contributed by atoms with Gasteiger partial charge in [-0.05, 0) is 12.1 Å². The topological polar surface area (TPSA) is 103 Å². The molecule has 0 fully saturated rings. The molecule has 2 aromatic heterocycles. The second-order valence-electron chi connectivity index (χ2n) is 4.80. The molecule has 128 valence electrons. The molecule has 0 aliphatic rings. The number of rotatable bonds is 4. The summed E-state index contributed by atoms with van der Waals surface area (Å²) in [5, 5.41) is 11.9. The predicted octanol–water partition coefficient (Wildman–Crippen LogP) is 1.68. The van der Waals surface area contributed by atoms with Gasteiger partial charge in [-0.15, -0.1) is 22.0 Å². The molecule has 0 radical (unpaired) electrons. The van der Waals surface area contributed by atoms with Crippen LogP contribution in [0.4, 0.5) is 13.2 Å². The Bertz CT molecular complexity index is 1020. The van der Waals surface area contributed by atoms with Gasteiger partial charge in [-0.2, -0.15) is 13.2 Å². The number of nitrogens with zero attached hydrogens (tertiary/aromatic N) is 4. The van der Waals surface area contributed by atoms with Crippen LogP contribution in [0.3, 0.4) is 0 Å². The third-order valence-electron chi connectivity index (χ3n) is 3.06. The zero-order chi connectivity index (χ0) is 17.5. The number of hydrogen-bond acceptors (Lipinski definition) is 6. The largest absolute Gasteiger partial charge is 0.452 e. The first-order valence-electron chi connectivity index (χ1n) is 6.51. The lowest BCUT2D eigenvalue weighted by atomic mass is 10.3. The summed E-state index contributed by atoms with van der Waals surface area (Å²) in [4.78, 5) is 4.25. The highest BCUT2D eigenvalue weighted by molar-refractivity contribution is 8.00. The molecule has 24 heavy (non-hydrogen) atoms. The Morgan fingerprint density at radius 1 is 1.21 bits per heavy atom. The number of para-hydroxylation sites is 2. The van der Waals surface area contributed by atoms with Crippen molar-refractivity contribution in [2.75, 3.05) is 11.5 Å². The summed E-state index contributed by atoms with van der Waals surface area (Å²) in [5.74, 6) is -1.46. The number of alkyl halides is 3. The van der Waals surface area contributed by atoms with E-state index in [0.29, 0.717) is 5.52 Å². The van der Waals surface area contributed by atoms with Crippen LogP contribution < -0.4 is 5.14 Å². The van der Waals surface area contributed by atoms with E-state index in [1.54, 1.807) is 18.2 Å². The molecule has 3 rings (SSSR count). The number of aromatic nitrogens is 4. The van der Waals surface area contributed by atoms with Crippen molar-refractivity contribution in [1.82, 2.24) is 19.6 Å². The number of hydrogen-bond donors (Lipinski definition) is 1. The number of fused-ring (bicyclic) bond motifs is 3. The van der Waals surface area contributed by atoms with Crippen molar-refractivity contribution in [3.63, 3.8) is 0 Å². The van der Waals surface area contributed by atoms with Crippen LogP contribution >= 0.6 is 11.8 Å². The first-order valence-corrected chi connectivity index (χ1v) is 9.21. The maximum absolute atomic E-state index is 13.2. The third-order valence-corrected chi connectivity index (χ3v) is 5.05. The zero-order valence-corrected chi connectivity index (χ0v) is 13.5.